The van der Waals surface area contributed by atoms with Crippen molar-refractivity contribution in [2.75, 3.05) is 26.2 Å². The molecule has 17 heavy (non-hydrogen) atoms. The summed E-state index contributed by atoms with van der Waals surface area (Å²) in [6.45, 7) is 4.90. The quantitative estimate of drug-likeness (QED) is 0.816. The lowest BCUT2D eigenvalue weighted by Crippen LogP contribution is -2.50. The molecule has 2 heteroatoms. The zero-order chi connectivity index (χ0) is 11.8. The maximum absolute atomic E-state index is 5.97. The second-order valence-electron chi connectivity index (χ2n) is 7.04. The number of piperidine rings is 1. The Balaban J connectivity index is 1.51. The molecule has 3 fully saturated rings. The van der Waals surface area contributed by atoms with Crippen molar-refractivity contribution >= 4 is 0 Å². The molecule has 1 spiro atoms. The first-order valence-electron chi connectivity index (χ1n) is 7.69. The molecular weight excluding hydrogens is 208 g/mol. The van der Waals surface area contributed by atoms with Gasteiger partial charge in [0.2, 0.25) is 0 Å². The first-order valence-corrected chi connectivity index (χ1v) is 7.69. The molecule has 1 aliphatic heterocycles. The van der Waals surface area contributed by atoms with Crippen molar-refractivity contribution in [3.8, 4) is 0 Å². The second-order valence-corrected chi connectivity index (χ2v) is 7.04. The lowest BCUT2D eigenvalue weighted by Gasteiger charge is -2.47. The van der Waals surface area contributed by atoms with Gasteiger partial charge in [0.15, 0.2) is 0 Å². The molecule has 0 aromatic carbocycles. The molecule has 0 aromatic heterocycles. The van der Waals surface area contributed by atoms with Crippen LogP contribution in [0.5, 0.6) is 0 Å². The van der Waals surface area contributed by atoms with E-state index in [-0.39, 0.29) is 0 Å². The van der Waals surface area contributed by atoms with E-state index in [4.69, 9.17) is 5.73 Å². The first kappa shape index (κ1) is 12.0. The Morgan fingerprint density at radius 2 is 1.47 bits per heavy atom. The van der Waals surface area contributed by atoms with Gasteiger partial charge < -0.3 is 10.6 Å². The maximum Gasteiger partial charge on any atom is 0.00501 e. The summed E-state index contributed by atoms with van der Waals surface area (Å²) in [7, 11) is 0. The van der Waals surface area contributed by atoms with Crippen LogP contribution in [-0.4, -0.2) is 31.1 Å². The topological polar surface area (TPSA) is 29.3 Å². The fourth-order valence-corrected chi connectivity index (χ4v) is 4.39. The Hall–Kier alpha value is -0.0800. The van der Waals surface area contributed by atoms with Crippen LogP contribution >= 0.6 is 0 Å². The third-order valence-corrected chi connectivity index (χ3v) is 5.99. The molecule has 2 aliphatic carbocycles. The molecular formula is C15H28N2. The summed E-state index contributed by atoms with van der Waals surface area (Å²) < 4.78 is 0. The number of nitrogens with two attached hydrogens (primary N) is 1. The van der Waals surface area contributed by atoms with Crippen LogP contribution in [0.25, 0.3) is 0 Å². The molecule has 2 N–H and O–H groups in total. The smallest absolute Gasteiger partial charge is 0.00501 e. The number of rotatable bonds is 3. The van der Waals surface area contributed by atoms with Crippen molar-refractivity contribution in [1.82, 2.24) is 4.90 Å². The van der Waals surface area contributed by atoms with Gasteiger partial charge in [-0.2, -0.15) is 0 Å². The minimum atomic E-state index is 0.514. The number of nitrogens with zero attached hydrogens (tertiary/aromatic N) is 1. The molecule has 0 unspecified atom stereocenters. The first-order chi connectivity index (χ1) is 8.26. The summed E-state index contributed by atoms with van der Waals surface area (Å²) in [5.41, 5.74) is 7.26. The van der Waals surface area contributed by atoms with Gasteiger partial charge in [-0.05, 0) is 69.0 Å². The number of hydrogen-bond donors (Lipinski definition) is 1. The van der Waals surface area contributed by atoms with Crippen LogP contribution in [0.15, 0.2) is 0 Å². The molecule has 0 atom stereocenters. The average molecular weight is 236 g/mol. The largest absolute Gasteiger partial charge is 0.330 e. The normalized spacial score (nSPS) is 31.6. The molecule has 3 rings (SSSR count). The minimum absolute atomic E-state index is 0.514. The van der Waals surface area contributed by atoms with E-state index in [0.29, 0.717) is 5.41 Å². The van der Waals surface area contributed by atoms with Crippen molar-refractivity contribution < 1.29 is 0 Å². The molecule has 1 heterocycles. The van der Waals surface area contributed by atoms with Crippen molar-refractivity contribution in [1.29, 1.82) is 0 Å². The van der Waals surface area contributed by atoms with Gasteiger partial charge in [-0.3, -0.25) is 0 Å². The van der Waals surface area contributed by atoms with E-state index in [1.165, 1.54) is 77.4 Å². The van der Waals surface area contributed by atoms with Crippen molar-refractivity contribution in [3.63, 3.8) is 0 Å². The van der Waals surface area contributed by atoms with E-state index in [0.717, 1.165) is 12.0 Å². The van der Waals surface area contributed by atoms with Gasteiger partial charge in [0, 0.05) is 6.54 Å². The van der Waals surface area contributed by atoms with E-state index in [2.05, 4.69) is 4.90 Å². The highest BCUT2D eigenvalue weighted by molar-refractivity contribution is 4.95. The van der Waals surface area contributed by atoms with Crippen molar-refractivity contribution in [2.45, 2.75) is 57.8 Å². The fourth-order valence-electron chi connectivity index (χ4n) is 4.39. The van der Waals surface area contributed by atoms with Crippen LogP contribution in [0.3, 0.4) is 0 Å². The molecule has 0 bridgehead atoms. The molecule has 1 saturated heterocycles. The Kier molecular flexibility index (Phi) is 3.20. The average Bonchev–Trinajstić information content (AvgIpc) is 2.75. The van der Waals surface area contributed by atoms with E-state index >= 15 is 0 Å². The lowest BCUT2D eigenvalue weighted by atomic mass is 9.68. The number of likely N-dealkylation sites (tertiary alicyclic amines) is 1. The third-order valence-electron chi connectivity index (χ3n) is 5.99. The highest BCUT2D eigenvalue weighted by atomic mass is 15.1. The van der Waals surface area contributed by atoms with Crippen LogP contribution in [0.1, 0.15) is 57.8 Å². The Morgan fingerprint density at radius 1 is 0.824 bits per heavy atom. The monoisotopic (exact) mass is 236 g/mol. The van der Waals surface area contributed by atoms with Gasteiger partial charge in [-0.25, -0.2) is 0 Å². The molecule has 2 saturated carbocycles. The van der Waals surface area contributed by atoms with Gasteiger partial charge in [0.05, 0.1) is 0 Å². The van der Waals surface area contributed by atoms with Crippen LogP contribution in [0.4, 0.5) is 0 Å². The SMILES string of the molecule is NCC1(CN2CCC3(CCCC3)CC2)CCC1. The molecule has 98 valence electrons. The third kappa shape index (κ3) is 2.26. The number of hydrogen-bond acceptors (Lipinski definition) is 2. The standard InChI is InChI=1S/C15H28N2/c16-12-15(6-3-7-15)13-17-10-8-14(9-11-17)4-1-2-5-14/h1-13,16H2. The molecule has 0 radical (unpaired) electrons. The van der Waals surface area contributed by atoms with Gasteiger partial charge in [0.25, 0.3) is 0 Å². The summed E-state index contributed by atoms with van der Waals surface area (Å²) in [5, 5.41) is 0. The predicted octanol–water partition coefficient (Wildman–Crippen LogP) is 2.77. The second kappa shape index (κ2) is 4.55. The Labute approximate surface area is 106 Å². The van der Waals surface area contributed by atoms with Crippen molar-refractivity contribution in [2.24, 2.45) is 16.6 Å². The molecule has 2 nitrogen and oxygen atoms in total. The summed E-state index contributed by atoms with van der Waals surface area (Å²) in [4.78, 5) is 2.72. The fraction of sp³-hybridized carbons (Fsp3) is 1.00. The van der Waals surface area contributed by atoms with E-state index in [1.807, 2.05) is 0 Å². The highest BCUT2D eigenvalue weighted by Crippen LogP contribution is 2.47. The molecule has 3 aliphatic rings. The van der Waals surface area contributed by atoms with E-state index < -0.39 is 0 Å². The summed E-state index contributed by atoms with van der Waals surface area (Å²) >= 11 is 0. The highest BCUT2D eigenvalue weighted by Gasteiger charge is 2.41. The predicted molar refractivity (Wildman–Crippen MR) is 71.9 cm³/mol. The zero-order valence-corrected chi connectivity index (χ0v) is 11.2. The van der Waals surface area contributed by atoms with Gasteiger partial charge in [0.1, 0.15) is 0 Å². The maximum atomic E-state index is 5.97. The van der Waals surface area contributed by atoms with Crippen molar-refractivity contribution in [3.05, 3.63) is 0 Å². The zero-order valence-electron chi connectivity index (χ0n) is 11.2. The summed E-state index contributed by atoms with van der Waals surface area (Å²) in [5.74, 6) is 0. The van der Waals surface area contributed by atoms with Gasteiger partial charge in [-0.15, -0.1) is 0 Å². The van der Waals surface area contributed by atoms with Crippen LogP contribution in [-0.2, 0) is 0 Å². The Bertz CT molecular complexity index is 249. The summed E-state index contributed by atoms with van der Waals surface area (Å²) in [6, 6.07) is 0. The van der Waals surface area contributed by atoms with Crippen LogP contribution in [0.2, 0.25) is 0 Å². The van der Waals surface area contributed by atoms with Gasteiger partial charge in [-0.1, -0.05) is 19.3 Å². The van der Waals surface area contributed by atoms with Crippen LogP contribution < -0.4 is 5.73 Å². The Morgan fingerprint density at radius 3 is 1.94 bits per heavy atom. The molecule has 0 amide bonds. The summed E-state index contributed by atoms with van der Waals surface area (Å²) in [6.07, 6.45) is 13.1. The lowest BCUT2D eigenvalue weighted by molar-refractivity contribution is 0.0336. The molecule has 0 aromatic rings. The van der Waals surface area contributed by atoms with E-state index in [9.17, 15) is 0 Å². The van der Waals surface area contributed by atoms with Crippen LogP contribution in [0, 0.1) is 10.8 Å². The van der Waals surface area contributed by atoms with E-state index in [1.54, 1.807) is 0 Å². The minimum Gasteiger partial charge on any atom is -0.330 e. The van der Waals surface area contributed by atoms with Gasteiger partial charge >= 0.3 is 0 Å².